The van der Waals surface area contributed by atoms with E-state index in [0.717, 1.165) is 41.7 Å². The second-order valence-electron chi connectivity index (χ2n) is 6.08. The van der Waals surface area contributed by atoms with Gasteiger partial charge in [0.2, 0.25) is 0 Å². The van der Waals surface area contributed by atoms with Gasteiger partial charge in [-0.1, -0.05) is 12.1 Å². The van der Waals surface area contributed by atoms with Gasteiger partial charge in [-0.15, -0.1) is 0 Å². The Morgan fingerprint density at radius 3 is 3.04 bits per heavy atom. The van der Waals surface area contributed by atoms with E-state index in [9.17, 15) is 4.79 Å². The molecule has 1 N–H and O–H groups in total. The van der Waals surface area contributed by atoms with Gasteiger partial charge in [0, 0.05) is 41.8 Å². The quantitative estimate of drug-likeness (QED) is 0.792. The summed E-state index contributed by atoms with van der Waals surface area (Å²) in [6.07, 6.45) is 4.57. The zero-order valence-corrected chi connectivity index (χ0v) is 13.0. The number of aryl methyl sites for hydroxylation is 1. The number of nitrogens with zero attached hydrogens (tertiary/aromatic N) is 3. The lowest BCUT2D eigenvalue weighted by Gasteiger charge is -2.17. The van der Waals surface area contributed by atoms with Crippen LogP contribution < -0.4 is 0 Å². The Morgan fingerprint density at radius 2 is 2.22 bits per heavy atom. The number of likely N-dealkylation sites (tertiary alicyclic amines) is 1. The van der Waals surface area contributed by atoms with Gasteiger partial charge in [0.1, 0.15) is 0 Å². The van der Waals surface area contributed by atoms with Crippen molar-refractivity contribution in [2.24, 2.45) is 0 Å². The van der Waals surface area contributed by atoms with Gasteiger partial charge in [0.05, 0.1) is 11.7 Å². The SMILES string of the molecule is Cc1cn[nH]c1[C@H]1CCN(C(=O)c2cccc3ncccc23)C1. The Morgan fingerprint density at radius 1 is 1.30 bits per heavy atom. The van der Waals surface area contributed by atoms with Crippen LogP contribution in [0.3, 0.4) is 0 Å². The maximum Gasteiger partial charge on any atom is 0.254 e. The van der Waals surface area contributed by atoms with E-state index in [2.05, 4.69) is 22.1 Å². The monoisotopic (exact) mass is 306 g/mol. The van der Waals surface area contributed by atoms with Crippen LogP contribution in [0.15, 0.2) is 42.7 Å². The van der Waals surface area contributed by atoms with E-state index in [4.69, 9.17) is 0 Å². The van der Waals surface area contributed by atoms with Gasteiger partial charge in [-0.05, 0) is 37.1 Å². The summed E-state index contributed by atoms with van der Waals surface area (Å²) in [4.78, 5) is 19.2. The van der Waals surface area contributed by atoms with Crippen LogP contribution in [0.5, 0.6) is 0 Å². The van der Waals surface area contributed by atoms with Crippen LogP contribution >= 0.6 is 0 Å². The minimum Gasteiger partial charge on any atom is -0.338 e. The third-order valence-corrected chi connectivity index (χ3v) is 4.63. The molecule has 3 aromatic rings. The van der Waals surface area contributed by atoms with E-state index in [0.29, 0.717) is 5.92 Å². The summed E-state index contributed by atoms with van der Waals surface area (Å²) in [5.74, 6) is 0.429. The first-order chi connectivity index (χ1) is 11.2. The number of rotatable bonds is 2. The number of aromatic nitrogens is 3. The van der Waals surface area contributed by atoms with Crippen LogP contribution in [0.4, 0.5) is 0 Å². The molecule has 23 heavy (non-hydrogen) atoms. The third-order valence-electron chi connectivity index (χ3n) is 4.63. The number of amides is 1. The van der Waals surface area contributed by atoms with E-state index >= 15 is 0 Å². The fraction of sp³-hybridized carbons (Fsp3) is 0.278. The van der Waals surface area contributed by atoms with Gasteiger partial charge >= 0.3 is 0 Å². The molecular weight excluding hydrogens is 288 g/mol. The molecule has 0 aliphatic carbocycles. The van der Waals surface area contributed by atoms with Gasteiger partial charge in [-0.25, -0.2) is 0 Å². The van der Waals surface area contributed by atoms with E-state index in [1.54, 1.807) is 6.20 Å². The Balaban J connectivity index is 1.61. The lowest BCUT2D eigenvalue weighted by atomic mass is 10.0. The highest BCUT2D eigenvalue weighted by Gasteiger charge is 2.30. The second kappa shape index (κ2) is 5.50. The fourth-order valence-corrected chi connectivity index (χ4v) is 3.41. The molecular formula is C18H18N4O. The molecule has 1 fully saturated rings. The fourth-order valence-electron chi connectivity index (χ4n) is 3.41. The normalized spacial score (nSPS) is 17.8. The lowest BCUT2D eigenvalue weighted by molar-refractivity contribution is 0.0792. The van der Waals surface area contributed by atoms with Gasteiger partial charge in [-0.2, -0.15) is 5.10 Å². The van der Waals surface area contributed by atoms with Crippen LogP contribution in [0, 0.1) is 6.92 Å². The van der Waals surface area contributed by atoms with Crippen molar-refractivity contribution in [2.45, 2.75) is 19.3 Å². The standard InChI is InChI=1S/C18H18N4O/c1-12-10-20-21-17(12)13-7-9-22(11-13)18(23)15-4-2-6-16-14(15)5-3-8-19-16/h2-6,8,10,13H,7,9,11H2,1H3,(H,20,21)/t13-/m0/s1. The maximum absolute atomic E-state index is 12.9. The molecule has 0 spiro atoms. The molecule has 5 nitrogen and oxygen atoms in total. The summed E-state index contributed by atoms with van der Waals surface area (Å²) in [5.41, 5.74) is 3.91. The van der Waals surface area contributed by atoms with E-state index < -0.39 is 0 Å². The Hall–Kier alpha value is -2.69. The molecule has 4 rings (SSSR count). The van der Waals surface area contributed by atoms with Crippen molar-refractivity contribution >= 4 is 16.8 Å². The molecule has 1 aliphatic rings. The molecule has 3 heterocycles. The highest BCUT2D eigenvalue weighted by Crippen LogP contribution is 2.29. The lowest BCUT2D eigenvalue weighted by Crippen LogP contribution is -2.28. The molecule has 0 unspecified atom stereocenters. The number of H-pyrrole nitrogens is 1. The molecule has 1 aliphatic heterocycles. The molecule has 1 amide bonds. The molecule has 5 heteroatoms. The second-order valence-corrected chi connectivity index (χ2v) is 6.08. The molecule has 116 valence electrons. The van der Waals surface area contributed by atoms with Crippen LogP contribution in [-0.4, -0.2) is 39.1 Å². The van der Waals surface area contributed by atoms with Gasteiger partial charge in [-0.3, -0.25) is 14.9 Å². The molecule has 1 atom stereocenters. The number of benzene rings is 1. The number of hydrogen-bond acceptors (Lipinski definition) is 3. The largest absolute Gasteiger partial charge is 0.338 e. The summed E-state index contributed by atoms with van der Waals surface area (Å²) in [6.45, 7) is 3.57. The molecule has 0 saturated carbocycles. The average Bonchev–Trinajstić information content (AvgIpc) is 3.22. The number of carbonyl (C=O) groups is 1. The van der Waals surface area contributed by atoms with Crippen molar-refractivity contribution in [1.82, 2.24) is 20.1 Å². The number of carbonyl (C=O) groups excluding carboxylic acids is 1. The van der Waals surface area contributed by atoms with E-state index in [-0.39, 0.29) is 5.91 Å². The molecule has 0 bridgehead atoms. The van der Waals surface area contributed by atoms with Crippen molar-refractivity contribution in [3.8, 4) is 0 Å². The summed E-state index contributed by atoms with van der Waals surface area (Å²) >= 11 is 0. The minimum absolute atomic E-state index is 0.0864. The van der Waals surface area contributed by atoms with E-state index in [1.165, 1.54) is 5.56 Å². The average molecular weight is 306 g/mol. The first kappa shape index (κ1) is 13.9. The van der Waals surface area contributed by atoms with Crippen LogP contribution in [-0.2, 0) is 0 Å². The van der Waals surface area contributed by atoms with E-state index in [1.807, 2.05) is 41.4 Å². The smallest absolute Gasteiger partial charge is 0.254 e. The number of fused-ring (bicyclic) bond motifs is 1. The summed E-state index contributed by atoms with van der Waals surface area (Å²) in [6, 6.07) is 9.56. The van der Waals surface area contributed by atoms with Crippen molar-refractivity contribution in [3.05, 3.63) is 59.5 Å². The first-order valence-electron chi connectivity index (χ1n) is 7.87. The van der Waals surface area contributed by atoms with Gasteiger partial charge in [0.25, 0.3) is 5.91 Å². The topological polar surface area (TPSA) is 61.9 Å². The molecule has 0 radical (unpaired) electrons. The number of aromatic amines is 1. The maximum atomic E-state index is 12.9. The van der Waals surface area contributed by atoms with Crippen molar-refractivity contribution < 1.29 is 4.79 Å². The highest BCUT2D eigenvalue weighted by molar-refractivity contribution is 6.06. The third kappa shape index (κ3) is 2.38. The predicted octanol–water partition coefficient (Wildman–Crippen LogP) is 2.90. The van der Waals surface area contributed by atoms with Gasteiger partial charge in [0.15, 0.2) is 0 Å². The number of nitrogens with one attached hydrogen (secondary N) is 1. The zero-order chi connectivity index (χ0) is 15.8. The Kier molecular flexibility index (Phi) is 3.33. The zero-order valence-electron chi connectivity index (χ0n) is 13.0. The highest BCUT2D eigenvalue weighted by atomic mass is 16.2. The van der Waals surface area contributed by atoms with Crippen molar-refractivity contribution in [2.75, 3.05) is 13.1 Å². The predicted molar refractivity (Wildman–Crippen MR) is 88.3 cm³/mol. The van der Waals surface area contributed by atoms with Crippen molar-refractivity contribution in [3.63, 3.8) is 0 Å². The minimum atomic E-state index is 0.0864. The van der Waals surface area contributed by atoms with Crippen molar-refractivity contribution in [1.29, 1.82) is 0 Å². The Bertz CT molecular complexity index is 865. The molecule has 1 saturated heterocycles. The van der Waals surface area contributed by atoms with Crippen LogP contribution in [0.25, 0.3) is 10.9 Å². The molecule has 2 aromatic heterocycles. The number of pyridine rings is 1. The summed E-state index contributed by atoms with van der Waals surface area (Å²) < 4.78 is 0. The van der Waals surface area contributed by atoms with Crippen LogP contribution in [0.1, 0.15) is 34.0 Å². The Labute approximate surface area is 134 Å². The van der Waals surface area contributed by atoms with Gasteiger partial charge < -0.3 is 4.90 Å². The number of hydrogen-bond donors (Lipinski definition) is 1. The summed E-state index contributed by atoms with van der Waals surface area (Å²) in [5, 5.41) is 8.09. The van der Waals surface area contributed by atoms with Crippen LogP contribution in [0.2, 0.25) is 0 Å². The molecule has 1 aromatic carbocycles. The summed E-state index contributed by atoms with van der Waals surface area (Å²) in [7, 11) is 0. The first-order valence-corrected chi connectivity index (χ1v) is 7.87.